The van der Waals surface area contributed by atoms with Gasteiger partial charge in [-0.3, -0.25) is 0 Å². The van der Waals surface area contributed by atoms with Crippen LogP contribution >= 0.6 is 11.3 Å². The van der Waals surface area contributed by atoms with Crippen LogP contribution in [0.1, 0.15) is 74.6 Å². The summed E-state index contributed by atoms with van der Waals surface area (Å²) in [7, 11) is 0. The fourth-order valence-corrected chi connectivity index (χ4v) is 5.81. The Morgan fingerprint density at radius 3 is 2.62 bits per heavy atom. The molecule has 1 nitrogen and oxygen atoms in total. The SMILES string of the molecule is CCNC(c1ccc(CC)s1)C1CCC2CCCCC2C1. The van der Waals surface area contributed by atoms with E-state index in [1.807, 2.05) is 11.3 Å². The van der Waals surface area contributed by atoms with Crippen molar-refractivity contribution in [3.63, 3.8) is 0 Å². The molecular weight excluding hydrogens is 274 g/mol. The zero-order valence-corrected chi connectivity index (χ0v) is 14.6. The van der Waals surface area contributed by atoms with E-state index in [0.717, 1.165) is 24.3 Å². The van der Waals surface area contributed by atoms with Gasteiger partial charge in [-0.2, -0.15) is 0 Å². The average molecular weight is 306 g/mol. The molecule has 1 aromatic rings. The van der Waals surface area contributed by atoms with Crippen LogP contribution in [0.3, 0.4) is 0 Å². The van der Waals surface area contributed by atoms with E-state index in [0.29, 0.717) is 6.04 Å². The molecule has 2 fully saturated rings. The molecule has 0 amide bonds. The van der Waals surface area contributed by atoms with Gasteiger partial charge < -0.3 is 5.32 Å². The van der Waals surface area contributed by atoms with E-state index < -0.39 is 0 Å². The Labute approximate surface area is 134 Å². The zero-order valence-electron chi connectivity index (χ0n) is 13.7. The molecule has 2 aliphatic rings. The molecule has 2 heteroatoms. The minimum Gasteiger partial charge on any atom is -0.309 e. The molecule has 118 valence electrons. The topological polar surface area (TPSA) is 12.0 Å². The minimum atomic E-state index is 0.614. The largest absolute Gasteiger partial charge is 0.309 e. The lowest BCUT2D eigenvalue weighted by atomic mass is 9.66. The lowest BCUT2D eigenvalue weighted by Gasteiger charge is -2.42. The first kappa shape index (κ1) is 15.6. The van der Waals surface area contributed by atoms with Gasteiger partial charge in [0.05, 0.1) is 0 Å². The number of nitrogens with one attached hydrogen (secondary N) is 1. The summed E-state index contributed by atoms with van der Waals surface area (Å²) < 4.78 is 0. The lowest BCUT2D eigenvalue weighted by Crippen LogP contribution is -2.35. The second-order valence-corrected chi connectivity index (χ2v) is 8.27. The summed E-state index contributed by atoms with van der Waals surface area (Å²) >= 11 is 2.04. The Kier molecular flexibility index (Phi) is 5.39. The highest BCUT2D eigenvalue weighted by atomic mass is 32.1. The van der Waals surface area contributed by atoms with Crippen molar-refractivity contribution < 1.29 is 0 Å². The minimum absolute atomic E-state index is 0.614. The van der Waals surface area contributed by atoms with E-state index in [-0.39, 0.29) is 0 Å². The first-order valence-electron chi connectivity index (χ1n) is 9.13. The number of thiophene rings is 1. The molecule has 0 aliphatic heterocycles. The predicted octanol–water partition coefficient (Wildman–Crippen LogP) is 5.57. The van der Waals surface area contributed by atoms with Gasteiger partial charge in [0, 0.05) is 15.8 Å². The predicted molar refractivity (Wildman–Crippen MR) is 92.9 cm³/mol. The fourth-order valence-electron chi connectivity index (χ4n) is 4.68. The van der Waals surface area contributed by atoms with E-state index in [2.05, 4.69) is 31.3 Å². The van der Waals surface area contributed by atoms with Crippen LogP contribution in [0.5, 0.6) is 0 Å². The molecule has 0 radical (unpaired) electrons. The standard InChI is InChI=1S/C19H31NS/c1-3-17-11-12-18(21-17)19(20-4-2)16-10-9-14-7-5-6-8-15(14)13-16/h11-12,14-16,19-20H,3-10,13H2,1-2H3. The molecule has 0 aromatic carbocycles. The van der Waals surface area contributed by atoms with Gasteiger partial charge in [-0.15, -0.1) is 11.3 Å². The molecule has 1 heterocycles. The number of hydrogen-bond donors (Lipinski definition) is 1. The van der Waals surface area contributed by atoms with Crippen molar-refractivity contribution in [1.29, 1.82) is 0 Å². The quantitative estimate of drug-likeness (QED) is 0.750. The van der Waals surface area contributed by atoms with E-state index in [1.54, 1.807) is 9.75 Å². The van der Waals surface area contributed by atoms with Gasteiger partial charge in [0.2, 0.25) is 0 Å². The first-order valence-corrected chi connectivity index (χ1v) is 9.95. The summed E-state index contributed by atoms with van der Waals surface area (Å²) in [5.41, 5.74) is 0. The Balaban J connectivity index is 1.71. The smallest absolute Gasteiger partial charge is 0.0443 e. The van der Waals surface area contributed by atoms with E-state index in [1.165, 1.54) is 51.4 Å². The van der Waals surface area contributed by atoms with Crippen LogP contribution in [0, 0.1) is 17.8 Å². The van der Waals surface area contributed by atoms with Crippen LogP contribution in [0.2, 0.25) is 0 Å². The third kappa shape index (κ3) is 3.53. The average Bonchev–Trinajstić information content (AvgIpc) is 3.01. The maximum absolute atomic E-state index is 3.81. The van der Waals surface area contributed by atoms with Gasteiger partial charge in [0.15, 0.2) is 0 Å². The first-order chi connectivity index (χ1) is 10.3. The highest BCUT2D eigenvalue weighted by Crippen LogP contribution is 2.46. The van der Waals surface area contributed by atoms with Crippen LogP contribution in [0.15, 0.2) is 12.1 Å². The second kappa shape index (κ2) is 7.28. The van der Waals surface area contributed by atoms with E-state index >= 15 is 0 Å². The normalized spacial score (nSPS) is 30.9. The maximum Gasteiger partial charge on any atom is 0.0443 e. The monoisotopic (exact) mass is 305 g/mol. The molecule has 2 aliphatic carbocycles. The zero-order chi connectivity index (χ0) is 14.7. The molecule has 4 unspecified atom stereocenters. The summed E-state index contributed by atoms with van der Waals surface area (Å²) in [5.74, 6) is 2.96. The van der Waals surface area contributed by atoms with Crippen LogP contribution in [-0.4, -0.2) is 6.54 Å². The van der Waals surface area contributed by atoms with E-state index in [4.69, 9.17) is 0 Å². The Bertz CT molecular complexity index is 439. The molecule has 1 aromatic heterocycles. The molecule has 1 N–H and O–H groups in total. The van der Waals surface area contributed by atoms with Crippen LogP contribution < -0.4 is 5.32 Å². The number of fused-ring (bicyclic) bond motifs is 1. The Hall–Kier alpha value is -0.340. The van der Waals surface area contributed by atoms with Gasteiger partial charge in [-0.1, -0.05) is 39.5 Å². The third-order valence-corrected chi connectivity index (χ3v) is 7.13. The van der Waals surface area contributed by atoms with Gasteiger partial charge in [0.1, 0.15) is 0 Å². The van der Waals surface area contributed by atoms with Gasteiger partial charge in [-0.05, 0) is 62.1 Å². The number of rotatable bonds is 5. The van der Waals surface area contributed by atoms with Crippen molar-refractivity contribution in [3.8, 4) is 0 Å². The van der Waals surface area contributed by atoms with Gasteiger partial charge >= 0.3 is 0 Å². The molecule has 0 saturated heterocycles. The Morgan fingerprint density at radius 2 is 1.90 bits per heavy atom. The summed E-state index contributed by atoms with van der Waals surface area (Å²) in [6.07, 6.45) is 11.6. The summed E-state index contributed by atoms with van der Waals surface area (Å²) in [5, 5.41) is 3.81. The van der Waals surface area contributed by atoms with Gasteiger partial charge in [-0.25, -0.2) is 0 Å². The van der Waals surface area contributed by atoms with Crippen LogP contribution in [-0.2, 0) is 6.42 Å². The summed E-state index contributed by atoms with van der Waals surface area (Å²) in [6, 6.07) is 5.35. The molecule has 0 bridgehead atoms. The van der Waals surface area contributed by atoms with Crippen molar-refractivity contribution in [2.24, 2.45) is 17.8 Å². The highest BCUT2D eigenvalue weighted by molar-refractivity contribution is 7.12. The number of hydrogen-bond acceptors (Lipinski definition) is 2. The van der Waals surface area contributed by atoms with Gasteiger partial charge in [0.25, 0.3) is 0 Å². The van der Waals surface area contributed by atoms with Crippen molar-refractivity contribution in [3.05, 3.63) is 21.9 Å². The molecule has 2 saturated carbocycles. The number of aryl methyl sites for hydroxylation is 1. The van der Waals surface area contributed by atoms with Crippen molar-refractivity contribution in [2.75, 3.05) is 6.54 Å². The molecule has 4 atom stereocenters. The Morgan fingerprint density at radius 1 is 1.10 bits per heavy atom. The highest BCUT2D eigenvalue weighted by Gasteiger charge is 2.35. The van der Waals surface area contributed by atoms with Crippen molar-refractivity contribution in [2.45, 2.75) is 71.3 Å². The molecular formula is C19H31NS. The van der Waals surface area contributed by atoms with Crippen LogP contribution in [0.25, 0.3) is 0 Å². The van der Waals surface area contributed by atoms with Crippen molar-refractivity contribution >= 4 is 11.3 Å². The summed E-state index contributed by atoms with van der Waals surface area (Å²) in [4.78, 5) is 3.13. The molecule has 21 heavy (non-hydrogen) atoms. The summed E-state index contributed by atoms with van der Waals surface area (Å²) in [6.45, 7) is 5.62. The third-order valence-electron chi connectivity index (χ3n) is 5.81. The fraction of sp³-hybridized carbons (Fsp3) is 0.789. The molecule has 3 rings (SSSR count). The maximum atomic E-state index is 3.81. The molecule has 0 spiro atoms. The van der Waals surface area contributed by atoms with E-state index in [9.17, 15) is 0 Å². The van der Waals surface area contributed by atoms with Crippen LogP contribution in [0.4, 0.5) is 0 Å². The van der Waals surface area contributed by atoms with Crippen molar-refractivity contribution in [1.82, 2.24) is 5.32 Å². The lowest BCUT2D eigenvalue weighted by molar-refractivity contribution is 0.110. The second-order valence-electron chi connectivity index (χ2n) is 7.07.